The third-order valence-electron chi connectivity index (χ3n) is 3.71. The van der Waals surface area contributed by atoms with Crippen LogP contribution in [0.1, 0.15) is 25.3 Å². The number of nitrogens with one attached hydrogen (secondary N) is 1. The predicted octanol–water partition coefficient (Wildman–Crippen LogP) is 1.03. The fourth-order valence-corrected chi connectivity index (χ4v) is 3.31. The van der Waals surface area contributed by atoms with Crippen molar-refractivity contribution >= 4 is 34.0 Å². The Labute approximate surface area is 137 Å². The van der Waals surface area contributed by atoms with Gasteiger partial charge in [-0.25, -0.2) is 13.1 Å². The molecule has 0 saturated carbocycles. The first-order chi connectivity index (χ1) is 9.90. The van der Waals surface area contributed by atoms with Crippen molar-refractivity contribution in [2.45, 2.75) is 37.1 Å². The van der Waals surface area contributed by atoms with Gasteiger partial charge in [0.2, 0.25) is 15.9 Å². The summed E-state index contributed by atoms with van der Waals surface area (Å²) in [6, 6.07) is 4.33. The molecule has 1 amide bonds. The van der Waals surface area contributed by atoms with E-state index in [4.69, 9.17) is 5.73 Å². The summed E-state index contributed by atoms with van der Waals surface area (Å²) >= 11 is 0. The van der Waals surface area contributed by atoms with Crippen LogP contribution in [0.15, 0.2) is 23.1 Å². The minimum absolute atomic E-state index is 0. The number of hydrogen-bond donors (Lipinski definition) is 2. The van der Waals surface area contributed by atoms with Crippen molar-refractivity contribution in [1.29, 1.82) is 0 Å². The predicted molar refractivity (Wildman–Crippen MR) is 88.9 cm³/mol. The summed E-state index contributed by atoms with van der Waals surface area (Å²) in [5.74, 6) is -0.0974. The van der Waals surface area contributed by atoms with E-state index in [1.54, 1.807) is 17.0 Å². The van der Waals surface area contributed by atoms with Gasteiger partial charge in [0.1, 0.15) is 0 Å². The Morgan fingerprint density at radius 1 is 1.45 bits per heavy atom. The fraction of sp³-hybridized carbons (Fsp3) is 0.500. The standard InChI is InChI=1S/C14H21N3O3S.ClH/c1-3-4-12(15)14(18)17-8-7-10-9-11(5-6-13(10)17)21(19,20)16-2;/h5-6,9,12,16H,3-4,7-8,15H2,1-2H3;1H. The zero-order valence-corrected chi connectivity index (χ0v) is 14.3. The molecule has 3 N–H and O–H groups in total. The second-order valence-corrected chi connectivity index (χ2v) is 7.02. The van der Waals surface area contributed by atoms with Gasteiger partial charge < -0.3 is 10.6 Å². The SMILES string of the molecule is CCCC(N)C(=O)N1CCc2cc(S(=O)(=O)NC)ccc21.Cl. The van der Waals surface area contributed by atoms with Crippen LogP contribution in [0.3, 0.4) is 0 Å². The molecule has 1 atom stereocenters. The number of nitrogens with two attached hydrogens (primary N) is 1. The maximum atomic E-state index is 12.3. The average Bonchev–Trinajstić information content (AvgIpc) is 2.89. The molecule has 1 aromatic rings. The van der Waals surface area contributed by atoms with Gasteiger partial charge in [-0.2, -0.15) is 0 Å². The van der Waals surface area contributed by atoms with Crippen LogP contribution in [0.2, 0.25) is 0 Å². The van der Waals surface area contributed by atoms with Gasteiger partial charge in [-0.15, -0.1) is 12.4 Å². The van der Waals surface area contributed by atoms with Crippen molar-refractivity contribution in [3.05, 3.63) is 23.8 Å². The maximum absolute atomic E-state index is 12.3. The number of halogens is 1. The number of fused-ring (bicyclic) bond motifs is 1. The number of carbonyl (C=O) groups excluding carboxylic acids is 1. The first-order valence-corrected chi connectivity index (χ1v) is 8.52. The van der Waals surface area contributed by atoms with Crippen LogP contribution in [-0.4, -0.2) is 34.0 Å². The molecular weight excluding hydrogens is 326 g/mol. The van der Waals surface area contributed by atoms with Crippen LogP contribution in [0.4, 0.5) is 5.69 Å². The van der Waals surface area contributed by atoms with Gasteiger partial charge >= 0.3 is 0 Å². The molecule has 0 bridgehead atoms. The van der Waals surface area contributed by atoms with Crippen molar-refractivity contribution in [2.24, 2.45) is 5.73 Å². The number of carbonyl (C=O) groups is 1. The zero-order valence-electron chi connectivity index (χ0n) is 12.7. The lowest BCUT2D eigenvalue weighted by Gasteiger charge is -2.21. The summed E-state index contributed by atoms with van der Waals surface area (Å²) in [5.41, 5.74) is 7.52. The van der Waals surface area contributed by atoms with Gasteiger partial charge in [-0.3, -0.25) is 4.79 Å². The molecule has 8 heteroatoms. The number of nitrogens with zero attached hydrogens (tertiary/aromatic N) is 1. The van der Waals surface area contributed by atoms with Crippen molar-refractivity contribution in [3.8, 4) is 0 Å². The fourth-order valence-electron chi connectivity index (χ4n) is 2.53. The Hall–Kier alpha value is -1.15. The van der Waals surface area contributed by atoms with E-state index in [1.807, 2.05) is 6.92 Å². The van der Waals surface area contributed by atoms with Gasteiger partial charge in [0.15, 0.2) is 0 Å². The number of sulfonamides is 1. The molecule has 0 radical (unpaired) electrons. The Morgan fingerprint density at radius 3 is 2.73 bits per heavy atom. The van der Waals surface area contributed by atoms with E-state index in [0.717, 1.165) is 17.7 Å². The Balaban J connectivity index is 0.00000242. The highest BCUT2D eigenvalue weighted by molar-refractivity contribution is 7.89. The molecular formula is C14H22ClN3O3S. The molecule has 6 nitrogen and oxygen atoms in total. The van der Waals surface area contributed by atoms with Gasteiger partial charge in [0, 0.05) is 12.2 Å². The lowest BCUT2D eigenvalue weighted by molar-refractivity contribution is -0.119. The molecule has 0 aromatic heterocycles. The van der Waals surface area contributed by atoms with Crippen molar-refractivity contribution in [2.75, 3.05) is 18.5 Å². The minimum Gasteiger partial charge on any atom is -0.320 e. The molecule has 2 rings (SSSR count). The van der Waals surface area contributed by atoms with E-state index < -0.39 is 16.1 Å². The summed E-state index contributed by atoms with van der Waals surface area (Å²) in [7, 11) is -2.08. The lowest BCUT2D eigenvalue weighted by Crippen LogP contribution is -2.43. The number of amides is 1. The molecule has 0 spiro atoms. The maximum Gasteiger partial charge on any atom is 0.243 e. The molecule has 0 aliphatic carbocycles. The topological polar surface area (TPSA) is 92.5 Å². The number of benzene rings is 1. The van der Waals surface area contributed by atoms with Gasteiger partial charge in [0.05, 0.1) is 10.9 Å². The normalized spacial score (nSPS) is 15.1. The quantitative estimate of drug-likeness (QED) is 0.832. The van der Waals surface area contributed by atoms with E-state index in [-0.39, 0.29) is 23.2 Å². The molecule has 1 aliphatic rings. The summed E-state index contributed by atoms with van der Waals surface area (Å²) < 4.78 is 25.9. The van der Waals surface area contributed by atoms with E-state index in [9.17, 15) is 13.2 Å². The van der Waals surface area contributed by atoms with Crippen molar-refractivity contribution in [1.82, 2.24) is 4.72 Å². The van der Waals surface area contributed by atoms with Crippen molar-refractivity contribution in [3.63, 3.8) is 0 Å². The Kier molecular flexibility index (Phi) is 6.37. The second-order valence-electron chi connectivity index (χ2n) is 5.13. The molecule has 1 aromatic carbocycles. The largest absolute Gasteiger partial charge is 0.320 e. The monoisotopic (exact) mass is 347 g/mol. The van der Waals surface area contributed by atoms with Crippen molar-refractivity contribution < 1.29 is 13.2 Å². The number of hydrogen-bond acceptors (Lipinski definition) is 4. The van der Waals surface area contributed by atoms with Crippen LogP contribution in [-0.2, 0) is 21.2 Å². The highest BCUT2D eigenvalue weighted by Gasteiger charge is 2.29. The molecule has 0 saturated heterocycles. The highest BCUT2D eigenvalue weighted by Crippen LogP contribution is 2.30. The molecule has 22 heavy (non-hydrogen) atoms. The van der Waals surface area contributed by atoms with Gasteiger partial charge in [-0.05, 0) is 43.7 Å². The number of rotatable bonds is 5. The molecule has 1 unspecified atom stereocenters. The first-order valence-electron chi connectivity index (χ1n) is 7.04. The summed E-state index contributed by atoms with van der Waals surface area (Å²) in [4.78, 5) is 14.2. The molecule has 124 valence electrons. The third-order valence-corrected chi connectivity index (χ3v) is 5.12. The lowest BCUT2D eigenvalue weighted by atomic mass is 10.1. The Morgan fingerprint density at radius 2 is 2.14 bits per heavy atom. The average molecular weight is 348 g/mol. The zero-order chi connectivity index (χ0) is 15.6. The third kappa shape index (κ3) is 3.60. The van der Waals surface area contributed by atoms with Crippen LogP contribution in [0, 0.1) is 0 Å². The van der Waals surface area contributed by atoms with Gasteiger partial charge in [0.25, 0.3) is 0 Å². The van der Waals surface area contributed by atoms with E-state index in [1.165, 1.54) is 13.1 Å². The first kappa shape index (κ1) is 18.9. The molecule has 1 heterocycles. The van der Waals surface area contributed by atoms with E-state index in [2.05, 4.69) is 4.72 Å². The molecule has 1 aliphatic heterocycles. The smallest absolute Gasteiger partial charge is 0.243 e. The second kappa shape index (κ2) is 7.41. The summed E-state index contributed by atoms with van der Waals surface area (Å²) in [6.45, 7) is 2.54. The van der Waals surface area contributed by atoms with E-state index >= 15 is 0 Å². The highest BCUT2D eigenvalue weighted by atomic mass is 35.5. The van der Waals surface area contributed by atoms with Crippen LogP contribution >= 0.6 is 12.4 Å². The van der Waals surface area contributed by atoms with E-state index in [0.29, 0.717) is 19.4 Å². The Bertz CT molecular complexity index is 649. The summed E-state index contributed by atoms with van der Waals surface area (Å²) in [6.07, 6.45) is 2.15. The molecule has 0 fully saturated rings. The minimum atomic E-state index is -3.46. The van der Waals surface area contributed by atoms with Gasteiger partial charge in [-0.1, -0.05) is 13.3 Å². The van der Waals surface area contributed by atoms with Crippen LogP contribution in [0.5, 0.6) is 0 Å². The van der Waals surface area contributed by atoms with Crippen LogP contribution in [0.25, 0.3) is 0 Å². The number of anilines is 1. The summed E-state index contributed by atoms with van der Waals surface area (Å²) in [5, 5.41) is 0. The van der Waals surface area contributed by atoms with Crippen LogP contribution < -0.4 is 15.4 Å².